The zero-order valence-corrected chi connectivity index (χ0v) is 16.9. The van der Waals surface area contributed by atoms with Crippen LogP contribution < -0.4 is 15.8 Å². The summed E-state index contributed by atoms with van der Waals surface area (Å²) in [5.41, 5.74) is 0.347. The lowest BCUT2D eigenvalue weighted by molar-refractivity contribution is -0.116. The molecule has 0 unspecified atom stereocenters. The fourth-order valence-corrected chi connectivity index (χ4v) is 4.91. The number of benzene rings is 1. The van der Waals surface area contributed by atoms with Gasteiger partial charge >= 0.3 is 0 Å². The molecule has 1 saturated heterocycles. The molecule has 1 amide bonds. The van der Waals surface area contributed by atoms with E-state index in [9.17, 15) is 14.0 Å². The third-order valence-electron chi connectivity index (χ3n) is 4.17. The maximum absolute atomic E-state index is 13.1. The zero-order valence-electron chi connectivity index (χ0n) is 14.5. The molecule has 1 aliphatic heterocycles. The van der Waals surface area contributed by atoms with Gasteiger partial charge in [-0.25, -0.2) is 9.37 Å². The quantitative estimate of drug-likeness (QED) is 0.673. The van der Waals surface area contributed by atoms with E-state index in [2.05, 4.69) is 20.2 Å². The molecule has 3 aromatic rings. The first-order chi connectivity index (χ1) is 13.5. The van der Waals surface area contributed by atoms with Crippen LogP contribution in [0.5, 0.6) is 0 Å². The van der Waals surface area contributed by atoms with Gasteiger partial charge in [0.25, 0.3) is 5.56 Å². The Morgan fingerprint density at radius 2 is 2.11 bits per heavy atom. The van der Waals surface area contributed by atoms with Gasteiger partial charge < -0.3 is 10.2 Å². The fraction of sp³-hybridized carbons (Fsp3) is 0.294. The van der Waals surface area contributed by atoms with E-state index in [-0.39, 0.29) is 22.8 Å². The third-order valence-corrected chi connectivity index (χ3v) is 6.52. The smallest absolute Gasteiger partial charge is 0.273 e. The molecule has 1 fully saturated rings. The minimum absolute atomic E-state index is 0.0843. The highest BCUT2D eigenvalue weighted by molar-refractivity contribution is 7.99. The Kier molecular flexibility index (Phi) is 5.51. The Balaban J connectivity index is 1.54. The number of halogens is 2. The molecule has 11 heteroatoms. The summed E-state index contributed by atoms with van der Waals surface area (Å²) in [6.45, 7) is 1.54. The lowest BCUT2D eigenvalue weighted by Crippen LogP contribution is -2.32. The van der Waals surface area contributed by atoms with E-state index in [0.717, 1.165) is 35.8 Å². The third kappa shape index (κ3) is 3.98. The van der Waals surface area contributed by atoms with E-state index >= 15 is 0 Å². The summed E-state index contributed by atoms with van der Waals surface area (Å²) in [6.07, 6.45) is 1.31. The predicted molar refractivity (Wildman–Crippen MR) is 111 cm³/mol. The van der Waals surface area contributed by atoms with E-state index in [0.29, 0.717) is 10.3 Å². The van der Waals surface area contributed by atoms with Gasteiger partial charge in [-0.2, -0.15) is 16.7 Å². The van der Waals surface area contributed by atoms with Crippen LogP contribution in [0.3, 0.4) is 0 Å². The van der Waals surface area contributed by atoms with Gasteiger partial charge in [-0.15, -0.1) is 0 Å². The van der Waals surface area contributed by atoms with Crippen LogP contribution in [0.25, 0.3) is 10.3 Å². The van der Waals surface area contributed by atoms with Crippen molar-refractivity contribution in [2.24, 2.45) is 0 Å². The Morgan fingerprint density at radius 3 is 2.86 bits per heavy atom. The molecule has 7 nitrogen and oxygen atoms in total. The first kappa shape index (κ1) is 19.2. The number of nitrogens with zero attached hydrogens (tertiary/aromatic N) is 4. The first-order valence-electron chi connectivity index (χ1n) is 8.45. The summed E-state index contributed by atoms with van der Waals surface area (Å²) in [4.78, 5) is 35.9. The van der Waals surface area contributed by atoms with Crippen molar-refractivity contribution < 1.29 is 9.18 Å². The Hall–Kier alpha value is -2.17. The van der Waals surface area contributed by atoms with E-state index in [1.54, 1.807) is 0 Å². The maximum Gasteiger partial charge on any atom is 0.273 e. The van der Waals surface area contributed by atoms with Crippen LogP contribution in [0.1, 0.15) is 0 Å². The lowest BCUT2D eigenvalue weighted by atomic mass is 10.3. The molecular weight excluding hydrogens is 425 g/mol. The molecule has 1 aliphatic rings. The number of nitrogens with one attached hydrogen (secondary N) is 1. The standard InChI is InChI=1S/C17H15ClFN5O2S2/c18-11-7-10(19)1-2-12(11)21-13(25)8-24-9-20-15-14(16(24)26)28-17(22-15)23-3-5-27-6-4-23/h1-2,7,9H,3-6,8H2,(H,21,25). The molecule has 1 aromatic carbocycles. The number of carbonyl (C=O) groups excluding carboxylic acids is 1. The van der Waals surface area contributed by atoms with Gasteiger partial charge in [0.15, 0.2) is 10.8 Å². The van der Waals surface area contributed by atoms with Crippen molar-refractivity contribution in [3.05, 3.63) is 45.7 Å². The van der Waals surface area contributed by atoms with Crippen molar-refractivity contribution in [2.75, 3.05) is 34.8 Å². The summed E-state index contributed by atoms with van der Waals surface area (Å²) < 4.78 is 14.8. The highest BCUT2D eigenvalue weighted by Crippen LogP contribution is 2.27. The van der Waals surface area contributed by atoms with Gasteiger partial charge in [-0.1, -0.05) is 22.9 Å². The van der Waals surface area contributed by atoms with Gasteiger partial charge in [-0.05, 0) is 18.2 Å². The number of hydrogen-bond donors (Lipinski definition) is 1. The van der Waals surface area contributed by atoms with Crippen LogP contribution in [0, 0.1) is 5.82 Å². The number of amides is 1. The topological polar surface area (TPSA) is 80.1 Å². The van der Waals surface area contributed by atoms with Gasteiger partial charge in [0.05, 0.1) is 10.7 Å². The van der Waals surface area contributed by atoms with Crippen LogP contribution in [-0.4, -0.2) is 45.0 Å². The minimum atomic E-state index is -0.498. The van der Waals surface area contributed by atoms with Gasteiger partial charge in [0, 0.05) is 24.6 Å². The molecule has 0 spiro atoms. The first-order valence-corrected chi connectivity index (χ1v) is 10.8. The van der Waals surface area contributed by atoms with Crippen molar-refractivity contribution in [2.45, 2.75) is 6.54 Å². The summed E-state index contributed by atoms with van der Waals surface area (Å²) in [7, 11) is 0. The van der Waals surface area contributed by atoms with Crippen molar-refractivity contribution in [3.8, 4) is 0 Å². The van der Waals surface area contributed by atoms with Gasteiger partial charge in [0.1, 0.15) is 23.4 Å². The number of thiazole rings is 1. The number of fused-ring (bicyclic) bond motifs is 1. The molecule has 28 heavy (non-hydrogen) atoms. The van der Waals surface area contributed by atoms with Crippen LogP contribution in [0.4, 0.5) is 15.2 Å². The van der Waals surface area contributed by atoms with Crippen LogP contribution in [0.15, 0.2) is 29.3 Å². The second-order valence-electron chi connectivity index (χ2n) is 6.10. The Morgan fingerprint density at radius 1 is 1.32 bits per heavy atom. The highest BCUT2D eigenvalue weighted by atomic mass is 35.5. The molecule has 0 saturated carbocycles. The molecule has 0 radical (unpaired) electrons. The van der Waals surface area contributed by atoms with E-state index in [1.807, 2.05) is 11.8 Å². The Bertz CT molecular complexity index is 1100. The van der Waals surface area contributed by atoms with Crippen LogP contribution in [0.2, 0.25) is 5.02 Å². The molecule has 4 rings (SSSR count). The largest absolute Gasteiger partial charge is 0.346 e. The molecule has 0 aliphatic carbocycles. The molecule has 0 atom stereocenters. The lowest BCUT2D eigenvalue weighted by Gasteiger charge is -2.25. The average Bonchev–Trinajstić information content (AvgIpc) is 3.12. The molecule has 3 heterocycles. The molecule has 0 bridgehead atoms. The number of aromatic nitrogens is 3. The summed E-state index contributed by atoms with van der Waals surface area (Å²) >= 11 is 9.10. The number of carbonyl (C=O) groups is 1. The minimum Gasteiger partial charge on any atom is -0.346 e. The monoisotopic (exact) mass is 439 g/mol. The van der Waals surface area contributed by atoms with E-state index in [4.69, 9.17) is 11.6 Å². The fourth-order valence-electron chi connectivity index (χ4n) is 2.77. The number of rotatable bonds is 4. The molecular formula is C17H15ClFN5O2S2. The predicted octanol–water partition coefficient (Wildman–Crippen LogP) is 2.84. The van der Waals surface area contributed by atoms with Crippen molar-refractivity contribution >= 4 is 61.8 Å². The normalized spacial score (nSPS) is 14.4. The zero-order chi connectivity index (χ0) is 19.7. The second-order valence-corrected chi connectivity index (χ2v) is 8.71. The van der Waals surface area contributed by atoms with E-state index < -0.39 is 11.7 Å². The van der Waals surface area contributed by atoms with Crippen molar-refractivity contribution in [3.63, 3.8) is 0 Å². The highest BCUT2D eigenvalue weighted by Gasteiger charge is 2.18. The average molecular weight is 440 g/mol. The number of hydrogen-bond acceptors (Lipinski definition) is 7. The summed E-state index contributed by atoms with van der Waals surface area (Å²) in [5.74, 6) is 1.09. The summed E-state index contributed by atoms with van der Waals surface area (Å²) in [5, 5.41) is 3.43. The number of anilines is 2. The van der Waals surface area contributed by atoms with Crippen molar-refractivity contribution in [1.82, 2.24) is 14.5 Å². The SMILES string of the molecule is O=C(Cn1cnc2nc(N3CCSCC3)sc2c1=O)Nc1ccc(F)cc1Cl. The van der Waals surface area contributed by atoms with Crippen LogP contribution in [-0.2, 0) is 11.3 Å². The van der Waals surface area contributed by atoms with E-state index in [1.165, 1.54) is 34.4 Å². The maximum atomic E-state index is 13.1. The molecule has 146 valence electrons. The second kappa shape index (κ2) is 8.06. The van der Waals surface area contributed by atoms with Crippen molar-refractivity contribution in [1.29, 1.82) is 0 Å². The molecule has 2 aromatic heterocycles. The Labute approximate surface area is 172 Å². The molecule has 1 N–H and O–H groups in total. The summed E-state index contributed by atoms with van der Waals surface area (Å²) in [6, 6.07) is 3.67. The van der Waals surface area contributed by atoms with Gasteiger partial charge in [0.2, 0.25) is 5.91 Å². The van der Waals surface area contributed by atoms with Crippen LogP contribution >= 0.6 is 34.7 Å². The number of thioether (sulfide) groups is 1. The van der Waals surface area contributed by atoms with Gasteiger partial charge in [-0.3, -0.25) is 14.2 Å².